The van der Waals surface area contributed by atoms with Gasteiger partial charge in [0.1, 0.15) is 24.4 Å². The number of amides is 1. The minimum absolute atomic E-state index is 0.00606. The molecular formula is C25H21FN2O4. The maximum atomic E-state index is 14.4. The van der Waals surface area contributed by atoms with Crippen LogP contribution in [-0.2, 0) is 13.2 Å². The van der Waals surface area contributed by atoms with Gasteiger partial charge in [-0.15, -0.1) is 0 Å². The van der Waals surface area contributed by atoms with Gasteiger partial charge in [0, 0.05) is 42.7 Å². The lowest BCUT2D eigenvalue weighted by molar-refractivity contribution is 0.0651. The molecule has 0 aliphatic carbocycles. The molecule has 1 fully saturated rings. The molecule has 0 bridgehead atoms. The van der Waals surface area contributed by atoms with Crippen molar-refractivity contribution in [3.63, 3.8) is 0 Å². The van der Waals surface area contributed by atoms with Crippen LogP contribution in [0.1, 0.15) is 28.1 Å². The highest BCUT2D eigenvalue weighted by Gasteiger charge is 2.22. The lowest BCUT2D eigenvalue weighted by atomic mass is 10.1. The van der Waals surface area contributed by atoms with E-state index in [-0.39, 0.29) is 29.3 Å². The predicted molar refractivity (Wildman–Crippen MR) is 117 cm³/mol. The number of nitrogens with zero attached hydrogens (tertiary/aromatic N) is 2. The van der Waals surface area contributed by atoms with E-state index >= 15 is 0 Å². The second-order valence-corrected chi connectivity index (χ2v) is 7.87. The van der Waals surface area contributed by atoms with E-state index in [0.29, 0.717) is 31.0 Å². The zero-order valence-electron chi connectivity index (χ0n) is 17.3. The molecule has 0 spiro atoms. The number of fused-ring (bicyclic) bond motifs is 1. The van der Waals surface area contributed by atoms with Gasteiger partial charge in [0.15, 0.2) is 0 Å². The largest absolute Gasteiger partial charge is 0.482 e. The minimum Gasteiger partial charge on any atom is -0.482 e. The smallest absolute Gasteiger partial charge is 0.253 e. The Kier molecular flexibility index (Phi) is 5.23. The molecule has 2 aromatic heterocycles. The standard InChI is InChI=1S/C25H21FN2O4/c26-22-10-17(25(30)28-8-3-9-28)6-7-20(22)15-32-24-16-31-21(11-23(24)29)14-27-12-18-4-1-2-5-19(18)13-27/h1-2,4-7,10-13,16H,3,8-9,14-15H2. The molecule has 0 radical (unpaired) electrons. The van der Waals surface area contributed by atoms with E-state index in [9.17, 15) is 14.0 Å². The molecule has 4 aromatic rings. The Hall–Kier alpha value is -3.87. The van der Waals surface area contributed by atoms with E-state index in [4.69, 9.17) is 9.15 Å². The molecule has 1 saturated heterocycles. The molecule has 1 amide bonds. The van der Waals surface area contributed by atoms with Crippen molar-refractivity contribution >= 4 is 16.7 Å². The first-order chi connectivity index (χ1) is 15.6. The summed E-state index contributed by atoms with van der Waals surface area (Å²) in [5.74, 6) is -0.222. The number of carbonyl (C=O) groups excluding carboxylic acids is 1. The van der Waals surface area contributed by atoms with Gasteiger partial charge in [-0.05, 0) is 29.3 Å². The molecule has 7 heteroatoms. The van der Waals surface area contributed by atoms with Crippen LogP contribution in [-0.4, -0.2) is 28.5 Å². The van der Waals surface area contributed by atoms with Gasteiger partial charge in [-0.3, -0.25) is 9.59 Å². The van der Waals surface area contributed by atoms with Gasteiger partial charge in [-0.2, -0.15) is 0 Å². The summed E-state index contributed by atoms with van der Waals surface area (Å²) in [7, 11) is 0. The number of aromatic nitrogens is 1. The molecule has 162 valence electrons. The quantitative estimate of drug-likeness (QED) is 0.458. The highest BCUT2D eigenvalue weighted by Crippen LogP contribution is 2.19. The Morgan fingerprint density at radius 2 is 1.81 bits per heavy atom. The number of ether oxygens (including phenoxy) is 1. The first kappa shape index (κ1) is 20.1. The first-order valence-electron chi connectivity index (χ1n) is 10.4. The average Bonchev–Trinajstić information content (AvgIpc) is 3.15. The van der Waals surface area contributed by atoms with Gasteiger partial charge in [-0.25, -0.2) is 4.39 Å². The van der Waals surface area contributed by atoms with Crippen molar-refractivity contribution < 1.29 is 18.3 Å². The van der Waals surface area contributed by atoms with Crippen molar-refractivity contribution in [1.82, 2.24) is 9.47 Å². The third kappa shape index (κ3) is 4.01. The maximum Gasteiger partial charge on any atom is 0.253 e. The van der Waals surface area contributed by atoms with Crippen molar-refractivity contribution in [3.05, 3.63) is 100 Å². The van der Waals surface area contributed by atoms with E-state index in [1.54, 1.807) is 11.0 Å². The molecule has 2 aromatic carbocycles. The zero-order valence-corrected chi connectivity index (χ0v) is 17.3. The average molecular weight is 432 g/mol. The fraction of sp³-hybridized carbons (Fsp3) is 0.200. The molecule has 0 atom stereocenters. The fourth-order valence-corrected chi connectivity index (χ4v) is 3.69. The first-order valence-corrected chi connectivity index (χ1v) is 10.4. The molecular weight excluding hydrogens is 411 g/mol. The van der Waals surface area contributed by atoms with Crippen LogP contribution in [0.15, 0.2) is 76.4 Å². The summed E-state index contributed by atoms with van der Waals surface area (Å²) in [5.41, 5.74) is 0.230. The van der Waals surface area contributed by atoms with Gasteiger partial charge in [0.2, 0.25) is 11.2 Å². The van der Waals surface area contributed by atoms with Crippen LogP contribution in [0.2, 0.25) is 0 Å². The summed E-state index contributed by atoms with van der Waals surface area (Å²) < 4.78 is 27.4. The third-order valence-electron chi connectivity index (χ3n) is 5.62. The molecule has 1 aliphatic heterocycles. The second kappa shape index (κ2) is 8.34. The van der Waals surface area contributed by atoms with Crippen LogP contribution >= 0.6 is 0 Å². The van der Waals surface area contributed by atoms with Crippen molar-refractivity contribution in [2.45, 2.75) is 19.6 Å². The summed E-state index contributed by atoms with van der Waals surface area (Å²) in [6.07, 6.45) is 6.20. The van der Waals surface area contributed by atoms with Gasteiger partial charge >= 0.3 is 0 Å². The summed E-state index contributed by atoms with van der Waals surface area (Å²) in [5, 5.41) is 2.21. The zero-order chi connectivity index (χ0) is 22.1. The fourth-order valence-electron chi connectivity index (χ4n) is 3.69. The lowest BCUT2D eigenvalue weighted by Gasteiger charge is -2.30. The molecule has 3 heterocycles. The van der Waals surface area contributed by atoms with Gasteiger partial charge < -0.3 is 18.6 Å². The number of likely N-dealkylation sites (tertiary alicyclic amines) is 1. The van der Waals surface area contributed by atoms with Gasteiger partial charge in [-0.1, -0.05) is 30.3 Å². The number of halogens is 1. The Labute approximate surface area is 183 Å². The van der Waals surface area contributed by atoms with E-state index < -0.39 is 5.82 Å². The molecule has 6 nitrogen and oxygen atoms in total. The van der Waals surface area contributed by atoms with Crippen LogP contribution in [0.5, 0.6) is 5.75 Å². The number of carbonyl (C=O) groups is 1. The van der Waals surface area contributed by atoms with Crippen molar-refractivity contribution in [2.24, 2.45) is 0 Å². The van der Waals surface area contributed by atoms with E-state index in [0.717, 1.165) is 17.2 Å². The lowest BCUT2D eigenvalue weighted by Crippen LogP contribution is -2.42. The second-order valence-electron chi connectivity index (χ2n) is 7.87. The van der Waals surface area contributed by atoms with E-state index in [1.165, 1.54) is 24.5 Å². The number of benzene rings is 2. The summed E-state index contributed by atoms with van der Waals surface area (Å²) in [6.45, 7) is 1.68. The molecule has 0 saturated carbocycles. The summed E-state index contributed by atoms with van der Waals surface area (Å²) >= 11 is 0. The SMILES string of the molecule is O=C(c1ccc(COc2coc(Cn3cc4ccccc4c3)cc2=O)c(F)c1)N1CCC1. The number of hydrogen-bond donors (Lipinski definition) is 0. The Bertz CT molecular complexity index is 1320. The molecule has 0 unspecified atom stereocenters. The summed E-state index contributed by atoms with van der Waals surface area (Å²) in [6, 6.07) is 13.7. The van der Waals surface area contributed by atoms with Gasteiger partial charge in [0.25, 0.3) is 5.91 Å². The van der Waals surface area contributed by atoms with Crippen molar-refractivity contribution in [3.8, 4) is 5.75 Å². The molecule has 5 rings (SSSR count). The topological polar surface area (TPSA) is 64.7 Å². The van der Waals surface area contributed by atoms with Crippen LogP contribution in [0.3, 0.4) is 0 Å². The van der Waals surface area contributed by atoms with Crippen LogP contribution < -0.4 is 10.2 Å². The monoisotopic (exact) mass is 432 g/mol. The molecule has 1 aliphatic rings. The third-order valence-corrected chi connectivity index (χ3v) is 5.62. The normalized spacial score (nSPS) is 13.2. The van der Waals surface area contributed by atoms with Crippen molar-refractivity contribution in [1.29, 1.82) is 0 Å². The molecule has 0 N–H and O–H groups in total. The number of hydrogen-bond acceptors (Lipinski definition) is 4. The highest BCUT2D eigenvalue weighted by molar-refractivity contribution is 5.94. The Balaban J connectivity index is 1.25. The Morgan fingerprint density at radius 1 is 1.06 bits per heavy atom. The Morgan fingerprint density at radius 3 is 2.44 bits per heavy atom. The summed E-state index contributed by atoms with van der Waals surface area (Å²) in [4.78, 5) is 26.3. The number of rotatable bonds is 6. The van der Waals surface area contributed by atoms with Crippen LogP contribution in [0.4, 0.5) is 4.39 Å². The van der Waals surface area contributed by atoms with Gasteiger partial charge in [0.05, 0.1) is 6.54 Å². The minimum atomic E-state index is -0.544. The van der Waals surface area contributed by atoms with Crippen LogP contribution in [0.25, 0.3) is 10.8 Å². The maximum absolute atomic E-state index is 14.4. The van der Waals surface area contributed by atoms with E-state index in [2.05, 4.69) is 0 Å². The van der Waals surface area contributed by atoms with E-state index in [1.807, 2.05) is 41.2 Å². The van der Waals surface area contributed by atoms with Crippen LogP contribution in [0, 0.1) is 5.82 Å². The predicted octanol–water partition coefficient (Wildman–Crippen LogP) is 4.21. The highest BCUT2D eigenvalue weighted by atomic mass is 19.1. The van der Waals surface area contributed by atoms with Crippen molar-refractivity contribution in [2.75, 3.05) is 13.1 Å². The molecule has 32 heavy (non-hydrogen) atoms.